The van der Waals surface area contributed by atoms with Crippen molar-refractivity contribution in [3.63, 3.8) is 0 Å². The van der Waals surface area contributed by atoms with Gasteiger partial charge in [-0.25, -0.2) is 0 Å². The first-order valence-corrected chi connectivity index (χ1v) is 7.28. The first kappa shape index (κ1) is 17.4. The van der Waals surface area contributed by atoms with Crippen LogP contribution >= 0.6 is 0 Å². The maximum absolute atomic E-state index is 10.7. The first-order chi connectivity index (χ1) is 8.62. The maximum atomic E-state index is 10.7. The summed E-state index contributed by atoms with van der Waals surface area (Å²) >= 11 is 0. The smallest absolute Gasteiger partial charge is 0.317 e. The molecule has 0 radical (unpaired) electrons. The number of hydrogen-bond acceptors (Lipinski definition) is 3. The Morgan fingerprint density at radius 3 is 2.22 bits per heavy atom. The average molecular weight is 258 g/mol. The third-order valence-electron chi connectivity index (χ3n) is 3.59. The Kier molecular flexibility index (Phi) is 8.20. The second-order valence-electron chi connectivity index (χ2n) is 4.63. The zero-order valence-electron chi connectivity index (χ0n) is 12.7. The van der Waals surface area contributed by atoms with E-state index >= 15 is 0 Å². The van der Waals surface area contributed by atoms with Crippen LogP contribution in [-0.4, -0.2) is 59.6 Å². The Morgan fingerprint density at radius 1 is 1.17 bits per heavy atom. The molecule has 2 aliphatic rings. The Hall–Kier alpha value is -0.610. The first-order valence-electron chi connectivity index (χ1n) is 7.28. The van der Waals surface area contributed by atoms with Gasteiger partial charge in [-0.3, -0.25) is 9.69 Å². The summed E-state index contributed by atoms with van der Waals surface area (Å²) in [5, 5.41) is 8.83. The van der Waals surface area contributed by atoms with E-state index in [9.17, 15) is 4.79 Å². The van der Waals surface area contributed by atoms with E-state index in [1.165, 1.54) is 6.42 Å². The van der Waals surface area contributed by atoms with E-state index < -0.39 is 5.97 Å². The summed E-state index contributed by atoms with van der Waals surface area (Å²) in [4.78, 5) is 15.2. The van der Waals surface area contributed by atoms with Crippen LogP contribution < -0.4 is 0 Å². The molecule has 1 spiro atoms. The second kappa shape index (κ2) is 8.48. The van der Waals surface area contributed by atoms with Gasteiger partial charge in [-0.05, 0) is 39.4 Å². The monoisotopic (exact) mass is 258 g/mol. The molecule has 1 atom stereocenters. The third-order valence-corrected chi connectivity index (χ3v) is 3.59. The van der Waals surface area contributed by atoms with Crippen molar-refractivity contribution >= 4 is 5.97 Å². The van der Waals surface area contributed by atoms with Gasteiger partial charge in [0.2, 0.25) is 0 Å². The van der Waals surface area contributed by atoms with Crippen LogP contribution in [0.3, 0.4) is 0 Å². The molecule has 4 heteroatoms. The zero-order chi connectivity index (χ0) is 14.2. The lowest BCUT2D eigenvalue weighted by Crippen LogP contribution is -2.47. The van der Waals surface area contributed by atoms with Gasteiger partial charge in [0.1, 0.15) is 0 Å². The fraction of sp³-hybridized carbons (Fsp3) is 0.929. The van der Waals surface area contributed by atoms with E-state index in [1.54, 1.807) is 0 Å². The number of rotatable bonds is 2. The summed E-state index contributed by atoms with van der Waals surface area (Å²) in [5.41, 5.74) is 0.188. The quantitative estimate of drug-likeness (QED) is 0.825. The van der Waals surface area contributed by atoms with Crippen LogP contribution in [0.5, 0.6) is 0 Å². The predicted molar refractivity (Wildman–Crippen MR) is 76.0 cm³/mol. The molecule has 2 rings (SSSR count). The molecule has 108 valence electrons. The molecule has 0 aromatic carbocycles. The second-order valence-corrected chi connectivity index (χ2v) is 4.63. The van der Waals surface area contributed by atoms with Crippen LogP contribution in [-0.2, 0) is 4.79 Å². The highest BCUT2D eigenvalue weighted by Crippen LogP contribution is 2.36. The number of carboxylic acids is 1. The van der Waals surface area contributed by atoms with Crippen molar-refractivity contribution < 1.29 is 9.90 Å². The van der Waals surface area contributed by atoms with E-state index in [1.807, 2.05) is 27.7 Å². The lowest BCUT2D eigenvalue weighted by molar-refractivity contribution is -0.139. The molecule has 2 fully saturated rings. The van der Waals surface area contributed by atoms with Gasteiger partial charge in [0.15, 0.2) is 0 Å². The number of likely N-dealkylation sites (N-methyl/N-ethyl adjacent to an activating group) is 1. The van der Waals surface area contributed by atoms with Gasteiger partial charge in [0, 0.05) is 12.1 Å². The van der Waals surface area contributed by atoms with Crippen LogP contribution in [0.1, 0.15) is 47.0 Å². The zero-order valence-corrected chi connectivity index (χ0v) is 12.7. The van der Waals surface area contributed by atoms with Gasteiger partial charge in [-0.2, -0.15) is 0 Å². The van der Waals surface area contributed by atoms with Crippen molar-refractivity contribution in [2.45, 2.75) is 52.5 Å². The van der Waals surface area contributed by atoms with Gasteiger partial charge >= 0.3 is 5.97 Å². The van der Waals surface area contributed by atoms with Crippen molar-refractivity contribution in [3.8, 4) is 0 Å². The fourth-order valence-corrected chi connectivity index (χ4v) is 2.93. The molecule has 0 amide bonds. The van der Waals surface area contributed by atoms with Crippen molar-refractivity contribution in [1.29, 1.82) is 0 Å². The average Bonchev–Trinajstić information content (AvgIpc) is 2.93. The highest BCUT2D eigenvalue weighted by Gasteiger charge is 2.45. The van der Waals surface area contributed by atoms with Gasteiger partial charge < -0.3 is 10.0 Å². The van der Waals surface area contributed by atoms with Gasteiger partial charge in [-0.1, -0.05) is 27.7 Å². The van der Waals surface area contributed by atoms with E-state index in [0.29, 0.717) is 0 Å². The normalized spacial score (nSPS) is 27.4. The van der Waals surface area contributed by atoms with E-state index in [4.69, 9.17) is 5.11 Å². The predicted octanol–water partition coefficient (Wildman–Crippen LogP) is 2.29. The fourth-order valence-electron chi connectivity index (χ4n) is 2.93. The molecule has 0 aromatic heterocycles. The summed E-state index contributed by atoms with van der Waals surface area (Å²) in [5.74, 6) is -0.694. The van der Waals surface area contributed by atoms with Crippen molar-refractivity contribution in [1.82, 2.24) is 9.80 Å². The van der Waals surface area contributed by atoms with Crippen LogP contribution in [0.15, 0.2) is 0 Å². The summed E-state index contributed by atoms with van der Waals surface area (Å²) in [6, 6.07) is 0. The minimum absolute atomic E-state index is 0.188. The van der Waals surface area contributed by atoms with E-state index in [2.05, 4.69) is 16.8 Å². The molecular formula is C14H30N2O2. The number of carboxylic acid groups (broad SMARTS) is 1. The molecular weight excluding hydrogens is 228 g/mol. The number of likely N-dealkylation sites (tertiary alicyclic amines) is 2. The SMILES string of the molecule is CC.CC.CN1CCC2(CCCN2CC(=O)O)C1. The molecule has 2 aliphatic heterocycles. The maximum Gasteiger partial charge on any atom is 0.317 e. The Labute approximate surface area is 112 Å². The third kappa shape index (κ3) is 4.25. The van der Waals surface area contributed by atoms with Crippen LogP contribution in [0.25, 0.3) is 0 Å². The van der Waals surface area contributed by atoms with Crippen molar-refractivity contribution in [2.75, 3.05) is 33.2 Å². The molecule has 1 unspecified atom stereocenters. The molecule has 1 N–H and O–H groups in total. The minimum Gasteiger partial charge on any atom is -0.480 e. The van der Waals surface area contributed by atoms with Crippen LogP contribution in [0.4, 0.5) is 0 Å². The molecule has 4 nitrogen and oxygen atoms in total. The molecule has 0 aliphatic carbocycles. The number of hydrogen-bond donors (Lipinski definition) is 1. The molecule has 2 heterocycles. The molecule has 0 bridgehead atoms. The minimum atomic E-state index is -0.694. The summed E-state index contributed by atoms with van der Waals surface area (Å²) in [6.07, 6.45) is 3.46. The Morgan fingerprint density at radius 2 is 1.78 bits per heavy atom. The lowest BCUT2D eigenvalue weighted by Gasteiger charge is -2.33. The number of carbonyl (C=O) groups is 1. The van der Waals surface area contributed by atoms with Crippen LogP contribution in [0.2, 0.25) is 0 Å². The Bertz CT molecular complexity index is 246. The Balaban J connectivity index is 0.000000659. The standard InChI is InChI=1S/C10H18N2O2.2C2H6/c1-11-6-4-10(8-11)3-2-5-12(10)7-9(13)14;2*1-2/h2-8H2,1H3,(H,13,14);2*1-2H3. The van der Waals surface area contributed by atoms with Crippen molar-refractivity contribution in [2.24, 2.45) is 0 Å². The summed E-state index contributed by atoms with van der Waals surface area (Å²) in [7, 11) is 2.12. The topological polar surface area (TPSA) is 43.8 Å². The van der Waals surface area contributed by atoms with E-state index in [-0.39, 0.29) is 12.1 Å². The molecule has 18 heavy (non-hydrogen) atoms. The van der Waals surface area contributed by atoms with Gasteiger partial charge in [0.05, 0.1) is 6.54 Å². The van der Waals surface area contributed by atoms with Gasteiger partial charge in [-0.15, -0.1) is 0 Å². The van der Waals surface area contributed by atoms with Crippen LogP contribution in [0, 0.1) is 0 Å². The van der Waals surface area contributed by atoms with E-state index in [0.717, 1.165) is 32.5 Å². The molecule has 0 saturated carbocycles. The highest BCUT2D eigenvalue weighted by atomic mass is 16.4. The number of aliphatic carboxylic acids is 1. The molecule has 2 saturated heterocycles. The number of nitrogens with zero attached hydrogens (tertiary/aromatic N) is 2. The highest BCUT2D eigenvalue weighted by molar-refractivity contribution is 5.69. The van der Waals surface area contributed by atoms with Gasteiger partial charge in [0.25, 0.3) is 0 Å². The lowest BCUT2D eigenvalue weighted by atomic mass is 9.95. The summed E-state index contributed by atoms with van der Waals surface area (Å²) < 4.78 is 0. The van der Waals surface area contributed by atoms with Crippen molar-refractivity contribution in [3.05, 3.63) is 0 Å². The summed E-state index contributed by atoms with van der Waals surface area (Å²) in [6.45, 7) is 11.3. The largest absolute Gasteiger partial charge is 0.480 e. The molecule has 0 aromatic rings.